The summed E-state index contributed by atoms with van der Waals surface area (Å²) in [5.41, 5.74) is -0.661. The van der Waals surface area contributed by atoms with E-state index in [9.17, 15) is 24.1 Å². The molecule has 8 heteroatoms. The zero-order valence-corrected chi connectivity index (χ0v) is 14.5. The second-order valence-corrected chi connectivity index (χ2v) is 6.66. The number of carbonyl (C=O) groups is 2. The molecule has 2 N–H and O–H groups in total. The van der Waals surface area contributed by atoms with Crippen molar-refractivity contribution in [2.24, 2.45) is 5.41 Å². The van der Waals surface area contributed by atoms with E-state index in [0.717, 1.165) is 18.2 Å². The molecule has 0 fully saturated rings. The number of amides is 2. The highest BCUT2D eigenvalue weighted by Gasteiger charge is 2.21. The molecule has 2 rings (SSSR count). The third-order valence-electron chi connectivity index (χ3n) is 3.47. The number of nitrogens with zero attached hydrogens (tertiary/aromatic N) is 1. The van der Waals surface area contributed by atoms with Crippen molar-refractivity contribution in [2.45, 2.75) is 20.8 Å². The summed E-state index contributed by atoms with van der Waals surface area (Å²) in [6, 6.07) is 8.97. The van der Waals surface area contributed by atoms with E-state index in [-0.39, 0.29) is 22.8 Å². The lowest BCUT2D eigenvalue weighted by Crippen LogP contribution is -2.27. The molecule has 2 aromatic rings. The van der Waals surface area contributed by atoms with Gasteiger partial charge in [-0.25, -0.2) is 4.39 Å². The van der Waals surface area contributed by atoms with Crippen molar-refractivity contribution in [1.29, 1.82) is 0 Å². The van der Waals surface area contributed by atoms with E-state index in [0.29, 0.717) is 5.69 Å². The number of benzene rings is 2. The van der Waals surface area contributed by atoms with E-state index < -0.39 is 22.1 Å². The van der Waals surface area contributed by atoms with Crippen molar-refractivity contribution in [2.75, 3.05) is 10.6 Å². The number of hydrogen-bond acceptors (Lipinski definition) is 4. The number of rotatable bonds is 4. The maximum Gasteiger partial charge on any atom is 0.271 e. The zero-order chi connectivity index (χ0) is 19.5. The first kappa shape index (κ1) is 19.0. The highest BCUT2D eigenvalue weighted by molar-refractivity contribution is 6.05. The summed E-state index contributed by atoms with van der Waals surface area (Å²) in [6.07, 6.45) is 0. The maximum atomic E-state index is 13.8. The molecule has 0 saturated carbocycles. The number of nitro groups is 1. The van der Waals surface area contributed by atoms with Gasteiger partial charge in [-0.05, 0) is 24.3 Å². The van der Waals surface area contributed by atoms with Crippen LogP contribution in [0.3, 0.4) is 0 Å². The first-order valence-electron chi connectivity index (χ1n) is 7.75. The molecular weight excluding hydrogens is 341 g/mol. The average Bonchev–Trinajstić information content (AvgIpc) is 2.56. The lowest BCUT2D eigenvalue weighted by molar-refractivity contribution is -0.384. The highest BCUT2D eigenvalue weighted by Crippen LogP contribution is 2.23. The molecule has 2 aromatic carbocycles. The Labute approximate surface area is 149 Å². The fourth-order valence-corrected chi connectivity index (χ4v) is 1.97. The minimum atomic E-state index is -0.791. The van der Waals surface area contributed by atoms with Gasteiger partial charge >= 0.3 is 0 Å². The molecule has 0 aliphatic carbocycles. The van der Waals surface area contributed by atoms with Gasteiger partial charge < -0.3 is 10.6 Å². The first-order valence-corrected chi connectivity index (χ1v) is 7.75. The Balaban J connectivity index is 2.21. The highest BCUT2D eigenvalue weighted by atomic mass is 19.1. The number of halogens is 1. The van der Waals surface area contributed by atoms with Crippen LogP contribution in [0.1, 0.15) is 31.1 Å². The van der Waals surface area contributed by atoms with Crippen LogP contribution in [-0.4, -0.2) is 16.7 Å². The topological polar surface area (TPSA) is 101 Å². The average molecular weight is 359 g/mol. The second kappa shape index (κ2) is 7.30. The summed E-state index contributed by atoms with van der Waals surface area (Å²) >= 11 is 0. The largest absolute Gasteiger partial charge is 0.326 e. The number of nitro benzene ring substituents is 1. The number of carbonyl (C=O) groups excluding carboxylic acids is 2. The molecule has 0 aliphatic rings. The second-order valence-electron chi connectivity index (χ2n) is 6.66. The van der Waals surface area contributed by atoms with Crippen molar-refractivity contribution in [3.63, 3.8) is 0 Å². The van der Waals surface area contributed by atoms with Gasteiger partial charge in [-0.3, -0.25) is 19.7 Å². The molecule has 0 aliphatic heterocycles. The van der Waals surface area contributed by atoms with Crippen LogP contribution in [0, 0.1) is 21.3 Å². The summed E-state index contributed by atoms with van der Waals surface area (Å²) in [7, 11) is 0. The van der Waals surface area contributed by atoms with Gasteiger partial charge in [-0.2, -0.15) is 0 Å². The third-order valence-corrected chi connectivity index (χ3v) is 3.47. The van der Waals surface area contributed by atoms with E-state index >= 15 is 0 Å². The van der Waals surface area contributed by atoms with Crippen LogP contribution in [0.2, 0.25) is 0 Å². The van der Waals surface area contributed by atoms with E-state index in [1.54, 1.807) is 32.9 Å². The van der Waals surface area contributed by atoms with Gasteiger partial charge in [0.2, 0.25) is 5.91 Å². The fraction of sp³-hybridized carbons (Fsp3) is 0.222. The van der Waals surface area contributed by atoms with Crippen LogP contribution < -0.4 is 10.6 Å². The molecule has 26 heavy (non-hydrogen) atoms. The SMILES string of the molecule is CC(C)(C)C(=O)Nc1cccc(C(=O)Nc2cc([N+](=O)[O-])ccc2F)c1. The van der Waals surface area contributed by atoms with Gasteiger partial charge in [0, 0.05) is 28.8 Å². The van der Waals surface area contributed by atoms with E-state index in [1.165, 1.54) is 12.1 Å². The Bertz CT molecular complexity index is 875. The zero-order valence-electron chi connectivity index (χ0n) is 14.5. The van der Waals surface area contributed by atoms with Crippen LogP contribution in [0.25, 0.3) is 0 Å². The maximum absolute atomic E-state index is 13.8. The fourth-order valence-electron chi connectivity index (χ4n) is 1.97. The molecule has 0 saturated heterocycles. The lowest BCUT2D eigenvalue weighted by Gasteiger charge is -2.18. The van der Waals surface area contributed by atoms with Gasteiger partial charge in [-0.15, -0.1) is 0 Å². The summed E-state index contributed by atoms with van der Waals surface area (Å²) in [5.74, 6) is -1.67. The molecule has 7 nitrogen and oxygen atoms in total. The Hall–Kier alpha value is -3.29. The molecule has 0 unspecified atom stereocenters. The summed E-state index contributed by atoms with van der Waals surface area (Å²) < 4.78 is 13.8. The van der Waals surface area contributed by atoms with E-state index in [4.69, 9.17) is 0 Å². The van der Waals surface area contributed by atoms with E-state index in [2.05, 4.69) is 10.6 Å². The Morgan fingerprint density at radius 3 is 2.38 bits per heavy atom. The van der Waals surface area contributed by atoms with Crippen LogP contribution in [-0.2, 0) is 4.79 Å². The molecule has 0 spiro atoms. The van der Waals surface area contributed by atoms with Crippen molar-refractivity contribution in [3.05, 3.63) is 64.0 Å². The summed E-state index contributed by atoms with van der Waals surface area (Å²) in [4.78, 5) is 34.4. The predicted octanol–water partition coefficient (Wildman–Crippen LogP) is 3.97. The quantitative estimate of drug-likeness (QED) is 0.637. The van der Waals surface area contributed by atoms with Gasteiger partial charge in [0.25, 0.3) is 11.6 Å². The molecular formula is C18H18FN3O4. The molecule has 0 atom stereocenters. The van der Waals surface area contributed by atoms with Crippen molar-refractivity contribution in [3.8, 4) is 0 Å². The van der Waals surface area contributed by atoms with Gasteiger partial charge in [0.15, 0.2) is 0 Å². The third kappa shape index (κ3) is 4.62. The van der Waals surface area contributed by atoms with Gasteiger partial charge in [0.1, 0.15) is 5.82 Å². The number of non-ortho nitro benzene ring substituents is 1. The minimum absolute atomic E-state index is 0.169. The van der Waals surface area contributed by atoms with Crippen LogP contribution >= 0.6 is 0 Å². The number of anilines is 2. The molecule has 0 heterocycles. The Kier molecular flexibility index (Phi) is 5.35. The molecule has 136 valence electrons. The first-order chi connectivity index (χ1) is 12.1. The van der Waals surface area contributed by atoms with Gasteiger partial charge in [-0.1, -0.05) is 26.8 Å². The van der Waals surface area contributed by atoms with Crippen molar-refractivity contribution < 1.29 is 18.9 Å². The molecule has 0 radical (unpaired) electrons. The van der Waals surface area contributed by atoms with Crippen LogP contribution in [0.15, 0.2) is 42.5 Å². The Morgan fingerprint density at radius 1 is 1.08 bits per heavy atom. The number of hydrogen-bond donors (Lipinski definition) is 2. The molecule has 0 aromatic heterocycles. The van der Waals surface area contributed by atoms with Crippen LogP contribution in [0.5, 0.6) is 0 Å². The van der Waals surface area contributed by atoms with E-state index in [1.807, 2.05) is 0 Å². The summed E-state index contributed by atoms with van der Waals surface area (Å²) in [6.45, 7) is 5.26. The van der Waals surface area contributed by atoms with Crippen LogP contribution in [0.4, 0.5) is 21.5 Å². The monoisotopic (exact) mass is 359 g/mol. The standard InChI is InChI=1S/C18H18FN3O4/c1-18(2,3)17(24)20-12-6-4-5-11(9-12)16(23)21-15-10-13(22(25)26)7-8-14(15)19/h4-10H,1-3H3,(H,20,24)(H,21,23). The molecule has 0 bridgehead atoms. The lowest BCUT2D eigenvalue weighted by atomic mass is 9.95. The number of nitrogens with one attached hydrogen (secondary N) is 2. The molecule has 2 amide bonds. The van der Waals surface area contributed by atoms with Crippen molar-refractivity contribution >= 4 is 28.9 Å². The Morgan fingerprint density at radius 2 is 1.77 bits per heavy atom. The predicted molar refractivity (Wildman–Crippen MR) is 95.5 cm³/mol. The van der Waals surface area contributed by atoms with Gasteiger partial charge in [0.05, 0.1) is 10.6 Å². The summed E-state index contributed by atoms with van der Waals surface area (Å²) in [5, 5.41) is 15.8. The minimum Gasteiger partial charge on any atom is -0.326 e. The smallest absolute Gasteiger partial charge is 0.271 e. The normalized spacial score (nSPS) is 10.9. The van der Waals surface area contributed by atoms with Crippen molar-refractivity contribution in [1.82, 2.24) is 0 Å².